The Balaban J connectivity index is 2.44. The fraction of sp³-hybridized carbons (Fsp3) is 0.286. The topological polar surface area (TPSA) is 128 Å². The van der Waals surface area contributed by atoms with Crippen LogP contribution in [-0.2, 0) is 24.3 Å². The van der Waals surface area contributed by atoms with E-state index in [0.717, 1.165) is 10.6 Å². The van der Waals surface area contributed by atoms with E-state index in [2.05, 4.69) is 10.1 Å². The van der Waals surface area contributed by atoms with E-state index in [4.69, 9.17) is 9.47 Å². The van der Waals surface area contributed by atoms with Gasteiger partial charge < -0.3 is 19.5 Å². The molecule has 2 aromatic carbocycles. The number of nitrogens with zero attached hydrogens (tertiary/aromatic N) is 1. The van der Waals surface area contributed by atoms with E-state index in [1.807, 2.05) is 0 Å². The highest BCUT2D eigenvalue weighted by molar-refractivity contribution is 7.92. The predicted molar refractivity (Wildman–Crippen MR) is 118 cm³/mol. The third-order valence-corrected chi connectivity index (χ3v) is 5.76. The molecule has 0 saturated carbocycles. The maximum absolute atomic E-state index is 13.0. The monoisotopic (exact) mass is 464 g/mol. The summed E-state index contributed by atoms with van der Waals surface area (Å²) in [5, 5.41) is 2.51. The quantitative estimate of drug-likeness (QED) is 0.588. The van der Waals surface area contributed by atoms with Crippen LogP contribution in [0, 0.1) is 0 Å². The van der Waals surface area contributed by atoms with Crippen molar-refractivity contribution in [1.82, 2.24) is 0 Å². The van der Waals surface area contributed by atoms with Gasteiger partial charge in [0, 0.05) is 0 Å². The van der Waals surface area contributed by atoms with Crippen molar-refractivity contribution in [1.29, 1.82) is 0 Å². The summed E-state index contributed by atoms with van der Waals surface area (Å²) in [6.07, 6.45) is 0.971. The molecule has 0 aromatic heterocycles. The Kier molecular flexibility index (Phi) is 7.82. The molecule has 0 heterocycles. The molecule has 1 amide bonds. The van der Waals surface area contributed by atoms with Crippen LogP contribution < -0.4 is 14.4 Å². The van der Waals surface area contributed by atoms with Gasteiger partial charge in [0.2, 0.25) is 15.9 Å². The van der Waals surface area contributed by atoms with Gasteiger partial charge >= 0.3 is 11.9 Å². The molecule has 1 atom stereocenters. The second kappa shape index (κ2) is 10.1. The molecule has 2 rings (SSSR count). The molecule has 10 nitrogen and oxygen atoms in total. The van der Waals surface area contributed by atoms with Gasteiger partial charge in [-0.05, 0) is 49.4 Å². The van der Waals surface area contributed by atoms with E-state index in [-0.39, 0.29) is 22.5 Å². The van der Waals surface area contributed by atoms with Gasteiger partial charge in [0.05, 0.1) is 50.1 Å². The van der Waals surface area contributed by atoms with Crippen LogP contribution in [0.3, 0.4) is 0 Å². The summed E-state index contributed by atoms with van der Waals surface area (Å²) in [5.41, 5.74) is 0.279. The van der Waals surface area contributed by atoms with Gasteiger partial charge in [-0.2, -0.15) is 0 Å². The molecular formula is C21H24N2O8S. The Morgan fingerprint density at radius 2 is 1.53 bits per heavy atom. The molecule has 0 aliphatic rings. The summed E-state index contributed by atoms with van der Waals surface area (Å²) < 4.78 is 40.3. The molecule has 0 radical (unpaired) electrons. The minimum atomic E-state index is -3.86. The molecule has 11 heteroatoms. The molecule has 0 saturated heterocycles. The summed E-state index contributed by atoms with van der Waals surface area (Å²) in [6.45, 7) is 1.39. The van der Waals surface area contributed by atoms with Crippen LogP contribution in [0.1, 0.15) is 27.6 Å². The van der Waals surface area contributed by atoms with Crippen molar-refractivity contribution in [3.8, 4) is 5.75 Å². The first-order chi connectivity index (χ1) is 15.0. The van der Waals surface area contributed by atoms with Crippen LogP contribution in [0.5, 0.6) is 5.75 Å². The SMILES string of the molecule is COC(=O)c1ccc(C(=O)OC)c(NC(=O)[C@H](C)N(c2ccc(OC)cc2)S(C)(=O)=O)c1. The fourth-order valence-corrected chi connectivity index (χ4v) is 4.13. The molecular weight excluding hydrogens is 440 g/mol. The number of methoxy groups -OCH3 is 3. The molecule has 1 N–H and O–H groups in total. The zero-order valence-corrected chi connectivity index (χ0v) is 19.1. The molecule has 172 valence electrons. The highest BCUT2D eigenvalue weighted by Gasteiger charge is 2.30. The lowest BCUT2D eigenvalue weighted by Crippen LogP contribution is -2.45. The van der Waals surface area contributed by atoms with Gasteiger partial charge in [0.15, 0.2) is 0 Å². The van der Waals surface area contributed by atoms with Crippen molar-refractivity contribution in [2.24, 2.45) is 0 Å². The second-order valence-electron chi connectivity index (χ2n) is 6.67. The number of carbonyl (C=O) groups is 3. The molecule has 0 unspecified atom stereocenters. The summed E-state index contributed by atoms with van der Waals surface area (Å²) >= 11 is 0. The Labute approximate surface area is 186 Å². The highest BCUT2D eigenvalue weighted by atomic mass is 32.2. The summed E-state index contributed by atoms with van der Waals surface area (Å²) in [7, 11) is -0.0351. The fourth-order valence-electron chi connectivity index (χ4n) is 2.96. The molecule has 0 spiro atoms. The van der Waals surface area contributed by atoms with Crippen molar-refractivity contribution in [2.75, 3.05) is 37.2 Å². The lowest BCUT2D eigenvalue weighted by Gasteiger charge is -2.28. The van der Waals surface area contributed by atoms with E-state index in [9.17, 15) is 22.8 Å². The van der Waals surface area contributed by atoms with E-state index < -0.39 is 33.9 Å². The Hall–Kier alpha value is -3.60. The number of hydrogen-bond acceptors (Lipinski definition) is 8. The van der Waals surface area contributed by atoms with Crippen LogP contribution in [0.15, 0.2) is 42.5 Å². The average Bonchev–Trinajstić information content (AvgIpc) is 2.77. The number of amides is 1. The van der Waals surface area contributed by atoms with Crippen LogP contribution in [0.2, 0.25) is 0 Å². The Bertz CT molecular complexity index is 1110. The molecule has 2 aromatic rings. The summed E-state index contributed by atoms with van der Waals surface area (Å²) in [5.74, 6) is -1.65. The van der Waals surface area contributed by atoms with Crippen LogP contribution in [0.4, 0.5) is 11.4 Å². The predicted octanol–water partition coefficient (Wildman–Crippen LogP) is 2.06. The molecule has 0 aliphatic carbocycles. The van der Waals surface area contributed by atoms with Crippen molar-refractivity contribution in [3.05, 3.63) is 53.6 Å². The van der Waals surface area contributed by atoms with Crippen LogP contribution in [-0.4, -0.2) is 59.9 Å². The maximum Gasteiger partial charge on any atom is 0.339 e. The number of anilines is 2. The minimum Gasteiger partial charge on any atom is -0.497 e. The van der Waals surface area contributed by atoms with Crippen molar-refractivity contribution in [3.63, 3.8) is 0 Å². The normalized spacial score (nSPS) is 11.8. The number of rotatable bonds is 8. The van der Waals surface area contributed by atoms with Crippen molar-refractivity contribution >= 4 is 39.2 Å². The first-order valence-corrected chi connectivity index (χ1v) is 11.1. The van der Waals surface area contributed by atoms with Gasteiger partial charge in [0.1, 0.15) is 11.8 Å². The number of sulfonamides is 1. The number of esters is 2. The van der Waals surface area contributed by atoms with Crippen LogP contribution >= 0.6 is 0 Å². The van der Waals surface area contributed by atoms with Gasteiger partial charge in [-0.3, -0.25) is 9.10 Å². The Morgan fingerprint density at radius 1 is 0.938 bits per heavy atom. The first kappa shape index (κ1) is 24.7. The van der Waals surface area contributed by atoms with E-state index >= 15 is 0 Å². The number of carbonyl (C=O) groups excluding carboxylic acids is 3. The summed E-state index contributed by atoms with van der Waals surface area (Å²) in [4.78, 5) is 37.0. The molecule has 0 aliphatic heterocycles. The maximum atomic E-state index is 13.0. The van der Waals surface area contributed by atoms with Gasteiger partial charge in [-0.1, -0.05) is 0 Å². The van der Waals surface area contributed by atoms with E-state index in [1.54, 1.807) is 12.1 Å². The number of ether oxygens (including phenoxy) is 3. The molecule has 0 bridgehead atoms. The largest absolute Gasteiger partial charge is 0.497 e. The number of benzene rings is 2. The third-order valence-electron chi connectivity index (χ3n) is 4.52. The standard InChI is InChI=1S/C21H24N2O8S/c1-13(23(32(5,27)28)15-7-9-16(29-2)10-8-15)19(24)22-18-12-14(20(25)30-3)6-11-17(18)21(26)31-4/h6-13H,1-5H3,(H,22,24)/t13-/m0/s1. The van der Waals surface area contributed by atoms with E-state index in [1.165, 1.54) is 58.6 Å². The van der Waals surface area contributed by atoms with Gasteiger partial charge in [0.25, 0.3) is 0 Å². The number of hydrogen-bond donors (Lipinski definition) is 1. The van der Waals surface area contributed by atoms with Crippen molar-refractivity contribution in [2.45, 2.75) is 13.0 Å². The highest BCUT2D eigenvalue weighted by Crippen LogP contribution is 2.25. The van der Waals surface area contributed by atoms with Crippen molar-refractivity contribution < 1.29 is 37.0 Å². The zero-order chi connectivity index (χ0) is 24.1. The average molecular weight is 464 g/mol. The molecule has 0 fully saturated rings. The third kappa shape index (κ3) is 5.55. The lowest BCUT2D eigenvalue weighted by molar-refractivity contribution is -0.116. The zero-order valence-electron chi connectivity index (χ0n) is 18.2. The lowest BCUT2D eigenvalue weighted by atomic mass is 10.1. The minimum absolute atomic E-state index is 0.0175. The second-order valence-corrected chi connectivity index (χ2v) is 8.53. The van der Waals surface area contributed by atoms with Gasteiger partial charge in [-0.25, -0.2) is 18.0 Å². The van der Waals surface area contributed by atoms with Crippen LogP contribution in [0.25, 0.3) is 0 Å². The Morgan fingerprint density at radius 3 is 2.03 bits per heavy atom. The van der Waals surface area contributed by atoms with Gasteiger partial charge in [-0.15, -0.1) is 0 Å². The number of nitrogens with one attached hydrogen (secondary N) is 1. The first-order valence-electron chi connectivity index (χ1n) is 9.28. The smallest absolute Gasteiger partial charge is 0.339 e. The molecule has 32 heavy (non-hydrogen) atoms. The van der Waals surface area contributed by atoms with E-state index in [0.29, 0.717) is 5.75 Å². The summed E-state index contributed by atoms with van der Waals surface area (Å²) in [6, 6.07) is 8.82.